The first-order valence-corrected chi connectivity index (χ1v) is 8.04. The standard InChI is InChI=1S/C15H9Cl3N2S.ClH/c16-10-3-1-9(2-4-10)14-8-21-15(19)20(14)13-7-11(17)5-6-12(13)18;/h1-8,19H;1H. The fourth-order valence-electron chi connectivity index (χ4n) is 2.04. The van der Waals surface area contributed by atoms with Gasteiger partial charge in [0.15, 0.2) is 4.80 Å². The number of aromatic nitrogens is 1. The summed E-state index contributed by atoms with van der Waals surface area (Å²) in [4.78, 5) is 0.379. The molecular weight excluding hydrogens is 382 g/mol. The van der Waals surface area contributed by atoms with Crippen LogP contribution in [0.4, 0.5) is 0 Å². The van der Waals surface area contributed by atoms with Gasteiger partial charge in [-0.2, -0.15) is 0 Å². The number of nitrogens with one attached hydrogen (secondary N) is 1. The molecule has 0 amide bonds. The predicted octanol–water partition coefficient (Wildman–Crippen LogP) is 6.07. The largest absolute Gasteiger partial charge is 0.284 e. The van der Waals surface area contributed by atoms with Gasteiger partial charge in [-0.05, 0) is 35.9 Å². The average Bonchev–Trinajstić information content (AvgIpc) is 2.84. The number of hydrogen-bond acceptors (Lipinski definition) is 2. The zero-order valence-corrected chi connectivity index (χ0v) is 14.9. The van der Waals surface area contributed by atoms with Crippen LogP contribution in [0, 0.1) is 5.41 Å². The lowest BCUT2D eigenvalue weighted by molar-refractivity contribution is 0.987. The summed E-state index contributed by atoms with van der Waals surface area (Å²) in [6.07, 6.45) is 0. The lowest BCUT2D eigenvalue weighted by Crippen LogP contribution is -2.12. The number of thiazole rings is 1. The normalized spacial score (nSPS) is 10.3. The first-order valence-electron chi connectivity index (χ1n) is 6.03. The highest BCUT2D eigenvalue weighted by Crippen LogP contribution is 2.29. The Morgan fingerprint density at radius 1 is 0.909 bits per heavy atom. The molecule has 3 aromatic rings. The average molecular weight is 392 g/mol. The zero-order chi connectivity index (χ0) is 15.0. The molecule has 0 saturated carbocycles. The molecular formula is C15H10Cl4N2S. The van der Waals surface area contributed by atoms with Gasteiger partial charge in [0.1, 0.15) is 0 Å². The molecule has 0 fully saturated rings. The van der Waals surface area contributed by atoms with Crippen LogP contribution in [0.25, 0.3) is 16.9 Å². The van der Waals surface area contributed by atoms with Crippen LogP contribution in [-0.4, -0.2) is 4.57 Å². The SMILES string of the molecule is Cl.N=c1scc(-c2ccc(Cl)cc2)n1-c1cc(Cl)ccc1Cl. The molecule has 2 nitrogen and oxygen atoms in total. The molecule has 0 unspecified atom stereocenters. The minimum absolute atomic E-state index is 0. The zero-order valence-electron chi connectivity index (χ0n) is 11.0. The van der Waals surface area contributed by atoms with Crippen LogP contribution in [-0.2, 0) is 0 Å². The Balaban J connectivity index is 0.00000176. The lowest BCUT2D eigenvalue weighted by atomic mass is 10.1. The quantitative estimate of drug-likeness (QED) is 0.549. The first kappa shape index (κ1) is 17.4. The maximum absolute atomic E-state index is 8.14. The van der Waals surface area contributed by atoms with E-state index in [9.17, 15) is 0 Å². The van der Waals surface area contributed by atoms with E-state index in [2.05, 4.69) is 0 Å². The van der Waals surface area contributed by atoms with Crippen molar-refractivity contribution in [3.63, 3.8) is 0 Å². The van der Waals surface area contributed by atoms with E-state index in [1.165, 1.54) is 11.3 Å². The van der Waals surface area contributed by atoms with Gasteiger partial charge in [0, 0.05) is 15.4 Å². The summed E-state index contributed by atoms with van der Waals surface area (Å²) in [6, 6.07) is 12.7. The third-order valence-corrected chi connectivity index (χ3v) is 4.57. The van der Waals surface area contributed by atoms with E-state index in [-0.39, 0.29) is 12.4 Å². The fourth-order valence-corrected chi connectivity index (χ4v) is 3.30. The van der Waals surface area contributed by atoms with Crippen LogP contribution >= 0.6 is 58.5 Å². The van der Waals surface area contributed by atoms with Crippen LogP contribution in [0.5, 0.6) is 0 Å². The minimum Gasteiger partial charge on any atom is -0.284 e. The van der Waals surface area contributed by atoms with Crippen molar-refractivity contribution in [1.82, 2.24) is 4.57 Å². The van der Waals surface area contributed by atoms with Crippen molar-refractivity contribution in [3.8, 4) is 16.9 Å². The summed E-state index contributed by atoms with van der Waals surface area (Å²) in [7, 11) is 0. The van der Waals surface area contributed by atoms with Gasteiger partial charge in [-0.25, -0.2) is 0 Å². The molecule has 2 aromatic carbocycles. The van der Waals surface area contributed by atoms with E-state index in [1.54, 1.807) is 22.8 Å². The van der Waals surface area contributed by atoms with Gasteiger partial charge in [-0.1, -0.05) is 46.9 Å². The third kappa shape index (κ3) is 3.34. The molecule has 0 saturated heterocycles. The van der Waals surface area contributed by atoms with Crippen molar-refractivity contribution in [2.45, 2.75) is 0 Å². The summed E-state index contributed by atoms with van der Waals surface area (Å²) in [6.45, 7) is 0. The van der Waals surface area contributed by atoms with Gasteiger partial charge in [-0.3, -0.25) is 9.98 Å². The minimum atomic E-state index is 0. The molecule has 1 heterocycles. The molecule has 0 atom stereocenters. The van der Waals surface area contributed by atoms with E-state index in [4.69, 9.17) is 40.2 Å². The van der Waals surface area contributed by atoms with Gasteiger partial charge >= 0.3 is 0 Å². The maximum Gasteiger partial charge on any atom is 0.187 e. The second-order valence-corrected chi connectivity index (χ2v) is 6.50. The monoisotopic (exact) mass is 390 g/mol. The second kappa shape index (κ2) is 7.07. The Morgan fingerprint density at radius 2 is 1.55 bits per heavy atom. The van der Waals surface area contributed by atoms with Crippen molar-refractivity contribution >= 4 is 58.5 Å². The summed E-state index contributed by atoms with van der Waals surface area (Å²) < 4.78 is 1.78. The smallest absolute Gasteiger partial charge is 0.187 e. The molecule has 0 aliphatic heterocycles. The Kier molecular flexibility index (Phi) is 5.59. The highest BCUT2D eigenvalue weighted by molar-refractivity contribution is 7.07. The molecule has 0 spiro atoms. The Morgan fingerprint density at radius 3 is 2.23 bits per heavy atom. The van der Waals surface area contributed by atoms with Gasteiger partial charge < -0.3 is 0 Å². The molecule has 7 heteroatoms. The van der Waals surface area contributed by atoms with E-state index >= 15 is 0 Å². The van der Waals surface area contributed by atoms with Crippen molar-refractivity contribution in [3.05, 3.63) is 67.7 Å². The van der Waals surface area contributed by atoms with Gasteiger partial charge in [0.25, 0.3) is 0 Å². The lowest BCUT2D eigenvalue weighted by Gasteiger charge is -2.11. The number of halogens is 4. The molecule has 0 aliphatic rings. The molecule has 0 radical (unpaired) electrons. The van der Waals surface area contributed by atoms with Gasteiger partial charge in [0.2, 0.25) is 0 Å². The number of rotatable bonds is 2. The topological polar surface area (TPSA) is 28.8 Å². The first-order chi connectivity index (χ1) is 10.1. The third-order valence-electron chi connectivity index (χ3n) is 3.02. The molecule has 0 aliphatic carbocycles. The Labute approximate surface area is 152 Å². The maximum atomic E-state index is 8.14. The molecule has 114 valence electrons. The summed E-state index contributed by atoms with van der Waals surface area (Å²) in [5.74, 6) is 0. The van der Waals surface area contributed by atoms with Crippen LogP contribution in [0.15, 0.2) is 47.8 Å². The Hall–Kier alpha value is -0.970. The van der Waals surface area contributed by atoms with Crippen molar-refractivity contribution in [2.75, 3.05) is 0 Å². The highest BCUT2D eigenvalue weighted by Gasteiger charge is 2.12. The van der Waals surface area contributed by atoms with Crippen molar-refractivity contribution < 1.29 is 0 Å². The van der Waals surface area contributed by atoms with E-state index in [0.717, 1.165) is 11.3 Å². The van der Waals surface area contributed by atoms with Crippen molar-refractivity contribution in [1.29, 1.82) is 5.41 Å². The predicted molar refractivity (Wildman–Crippen MR) is 97.2 cm³/mol. The fraction of sp³-hybridized carbons (Fsp3) is 0. The molecule has 22 heavy (non-hydrogen) atoms. The van der Waals surface area contributed by atoms with E-state index < -0.39 is 0 Å². The van der Waals surface area contributed by atoms with Crippen LogP contribution in [0.1, 0.15) is 0 Å². The summed E-state index contributed by atoms with van der Waals surface area (Å²) >= 11 is 19.6. The van der Waals surface area contributed by atoms with Crippen LogP contribution in [0.2, 0.25) is 15.1 Å². The van der Waals surface area contributed by atoms with Gasteiger partial charge in [-0.15, -0.1) is 23.7 Å². The second-order valence-electron chi connectivity index (χ2n) is 4.36. The van der Waals surface area contributed by atoms with Crippen molar-refractivity contribution in [2.24, 2.45) is 0 Å². The van der Waals surface area contributed by atoms with Crippen LogP contribution in [0.3, 0.4) is 0 Å². The molecule has 0 bridgehead atoms. The van der Waals surface area contributed by atoms with E-state index in [1.807, 2.05) is 29.6 Å². The number of hydrogen-bond donors (Lipinski definition) is 1. The number of nitrogens with zero attached hydrogens (tertiary/aromatic N) is 1. The summed E-state index contributed by atoms with van der Waals surface area (Å²) in [5.41, 5.74) is 2.54. The molecule has 1 aromatic heterocycles. The van der Waals surface area contributed by atoms with Crippen LogP contribution < -0.4 is 4.80 Å². The highest BCUT2D eigenvalue weighted by atomic mass is 35.5. The van der Waals surface area contributed by atoms with Gasteiger partial charge in [0.05, 0.1) is 16.4 Å². The molecule has 3 rings (SSSR count). The number of benzene rings is 2. The molecule has 1 N–H and O–H groups in total. The Bertz CT molecular complexity index is 853. The summed E-state index contributed by atoms with van der Waals surface area (Å²) in [5, 5.41) is 11.9. The van der Waals surface area contributed by atoms with E-state index in [0.29, 0.717) is 25.6 Å².